The number of amides is 1. The van der Waals surface area contributed by atoms with Gasteiger partial charge in [0.2, 0.25) is 0 Å². The Labute approximate surface area is 121 Å². The van der Waals surface area contributed by atoms with Crippen LogP contribution in [0.2, 0.25) is 0 Å². The third-order valence-corrected chi connectivity index (χ3v) is 3.02. The molecule has 0 heterocycles. The van der Waals surface area contributed by atoms with E-state index in [2.05, 4.69) is 13.8 Å². The van der Waals surface area contributed by atoms with Gasteiger partial charge in [0, 0.05) is 18.3 Å². The van der Waals surface area contributed by atoms with E-state index in [1.807, 2.05) is 25.7 Å². The van der Waals surface area contributed by atoms with Crippen molar-refractivity contribution in [3.8, 4) is 5.75 Å². The van der Waals surface area contributed by atoms with E-state index in [-0.39, 0.29) is 11.9 Å². The molecule has 0 unspecified atom stereocenters. The summed E-state index contributed by atoms with van der Waals surface area (Å²) in [6.45, 7) is 11.3. The molecule has 0 bridgehead atoms. The fraction of sp³-hybridized carbons (Fsp3) is 0.562. The summed E-state index contributed by atoms with van der Waals surface area (Å²) in [7, 11) is 0. The van der Waals surface area contributed by atoms with Gasteiger partial charge in [-0.1, -0.05) is 19.9 Å². The number of hydrogen-bond acceptors (Lipinski definition) is 3. The summed E-state index contributed by atoms with van der Waals surface area (Å²) in [4.78, 5) is 14.7. The molecule has 0 radical (unpaired) electrons. The minimum Gasteiger partial charge on any atom is -0.493 e. The monoisotopic (exact) mass is 278 g/mol. The smallest absolute Gasteiger partial charge is 0.259 e. The molecule has 1 rings (SSSR count). The number of carbonyl (C=O) groups is 1. The van der Waals surface area contributed by atoms with Gasteiger partial charge in [-0.3, -0.25) is 4.79 Å². The summed E-state index contributed by atoms with van der Waals surface area (Å²) in [5.74, 6) is 0.906. The molecule has 0 fully saturated rings. The zero-order valence-corrected chi connectivity index (χ0v) is 13.1. The van der Waals surface area contributed by atoms with Crippen LogP contribution in [0.25, 0.3) is 0 Å². The number of hydrogen-bond donors (Lipinski definition) is 1. The predicted octanol–water partition coefficient (Wildman–Crippen LogP) is 3.17. The lowest BCUT2D eigenvalue weighted by molar-refractivity contribution is 0.0679. The minimum absolute atomic E-state index is 0.0600. The molecule has 112 valence electrons. The normalized spacial score (nSPS) is 10.9. The number of anilines is 1. The highest BCUT2D eigenvalue weighted by Gasteiger charge is 2.24. The Morgan fingerprint density at radius 1 is 1.30 bits per heavy atom. The van der Waals surface area contributed by atoms with E-state index in [0.29, 0.717) is 36.1 Å². The minimum atomic E-state index is -0.0600. The van der Waals surface area contributed by atoms with Crippen LogP contribution in [-0.4, -0.2) is 30.0 Å². The van der Waals surface area contributed by atoms with Crippen molar-refractivity contribution in [1.29, 1.82) is 0 Å². The van der Waals surface area contributed by atoms with Crippen LogP contribution in [0.4, 0.5) is 5.69 Å². The molecule has 1 aromatic rings. The zero-order chi connectivity index (χ0) is 15.3. The van der Waals surface area contributed by atoms with Crippen molar-refractivity contribution in [1.82, 2.24) is 4.90 Å². The maximum atomic E-state index is 12.8. The molecule has 0 aliphatic carbocycles. The topological polar surface area (TPSA) is 55.6 Å². The predicted molar refractivity (Wildman–Crippen MR) is 83.0 cm³/mol. The molecule has 0 saturated carbocycles. The van der Waals surface area contributed by atoms with E-state index in [1.54, 1.807) is 18.2 Å². The molecular weight excluding hydrogens is 252 g/mol. The van der Waals surface area contributed by atoms with E-state index >= 15 is 0 Å². The Morgan fingerprint density at radius 3 is 2.45 bits per heavy atom. The molecule has 1 amide bonds. The van der Waals surface area contributed by atoms with Crippen LogP contribution in [0.5, 0.6) is 5.75 Å². The molecule has 20 heavy (non-hydrogen) atoms. The van der Waals surface area contributed by atoms with Crippen LogP contribution < -0.4 is 10.5 Å². The van der Waals surface area contributed by atoms with Crippen LogP contribution in [0.3, 0.4) is 0 Å². The number of ether oxygens (including phenoxy) is 1. The Morgan fingerprint density at radius 2 is 1.95 bits per heavy atom. The fourth-order valence-electron chi connectivity index (χ4n) is 2.12. The highest BCUT2D eigenvalue weighted by molar-refractivity contribution is 6.02. The van der Waals surface area contributed by atoms with Crippen LogP contribution in [0.15, 0.2) is 18.2 Å². The van der Waals surface area contributed by atoms with Crippen molar-refractivity contribution in [2.45, 2.75) is 40.7 Å². The van der Waals surface area contributed by atoms with Crippen molar-refractivity contribution in [3.63, 3.8) is 0 Å². The van der Waals surface area contributed by atoms with Crippen LogP contribution in [0, 0.1) is 5.92 Å². The van der Waals surface area contributed by atoms with E-state index in [1.165, 1.54) is 0 Å². The maximum absolute atomic E-state index is 12.8. The molecule has 1 aromatic carbocycles. The Hall–Kier alpha value is -1.71. The van der Waals surface area contributed by atoms with Crippen molar-refractivity contribution < 1.29 is 9.53 Å². The second-order valence-electron chi connectivity index (χ2n) is 5.60. The Kier molecular flexibility index (Phi) is 5.86. The summed E-state index contributed by atoms with van der Waals surface area (Å²) < 4.78 is 5.55. The summed E-state index contributed by atoms with van der Waals surface area (Å²) >= 11 is 0. The van der Waals surface area contributed by atoms with Gasteiger partial charge in [0.05, 0.1) is 6.61 Å². The number of nitrogens with two attached hydrogens (primary N) is 1. The van der Waals surface area contributed by atoms with E-state index in [0.717, 1.165) is 0 Å². The molecular formula is C16H26N2O2. The first-order valence-electron chi connectivity index (χ1n) is 7.20. The van der Waals surface area contributed by atoms with Crippen molar-refractivity contribution in [3.05, 3.63) is 23.8 Å². The molecule has 0 spiro atoms. The second kappa shape index (κ2) is 7.17. The Bertz CT molecular complexity index is 456. The number of rotatable bonds is 6. The van der Waals surface area contributed by atoms with E-state index < -0.39 is 0 Å². The van der Waals surface area contributed by atoms with Gasteiger partial charge in [0.1, 0.15) is 11.3 Å². The first kappa shape index (κ1) is 16.3. The zero-order valence-electron chi connectivity index (χ0n) is 13.1. The quantitative estimate of drug-likeness (QED) is 0.813. The lowest BCUT2D eigenvalue weighted by atomic mass is 10.1. The van der Waals surface area contributed by atoms with Crippen molar-refractivity contribution in [2.24, 2.45) is 5.92 Å². The molecule has 0 aliphatic heterocycles. The Balaban J connectivity index is 3.17. The number of nitrogens with zero attached hydrogens (tertiary/aromatic N) is 1. The summed E-state index contributed by atoms with van der Waals surface area (Å²) in [5, 5.41) is 0. The fourth-order valence-corrected chi connectivity index (χ4v) is 2.12. The lowest BCUT2D eigenvalue weighted by Gasteiger charge is -2.29. The molecule has 2 N–H and O–H groups in total. The largest absolute Gasteiger partial charge is 0.493 e. The standard InChI is InChI=1S/C16H26N2O2/c1-6-20-14-9-7-8-13(17)15(14)16(19)18(12(4)5)10-11(2)3/h7-9,11-12H,6,10,17H2,1-5H3. The summed E-state index contributed by atoms with van der Waals surface area (Å²) in [5.41, 5.74) is 6.94. The molecule has 0 atom stereocenters. The molecule has 4 nitrogen and oxygen atoms in total. The van der Waals surface area contributed by atoms with Gasteiger partial charge in [-0.15, -0.1) is 0 Å². The molecule has 0 aromatic heterocycles. The first-order chi connectivity index (χ1) is 9.38. The van der Waals surface area contributed by atoms with Crippen LogP contribution >= 0.6 is 0 Å². The molecule has 0 aliphatic rings. The average Bonchev–Trinajstić information content (AvgIpc) is 2.35. The molecule has 4 heteroatoms. The first-order valence-corrected chi connectivity index (χ1v) is 7.20. The third-order valence-electron chi connectivity index (χ3n) is 3.02. The SMILES string of the molecule is CCOc1cccc(N)c1C(=O)N(CC(C)C)C(C)C. The molecule has 0 saturated heterocycles. The van der Waals surface area contributed by atoms with Crippen molar-refractivity contribution in [2.75, 3.05) is 18.9 Å². The highest BCUT2D eigenvalue weighted by Crippen LogP contribution is 2.27. The maximum Gasteiger partial charge on any atom is 0.259 e. The number of benzene rings is 1. The van der Waals surface area contributed by atoms with Gasteiger partial charge in [-0.25, -0.2) is 0 Å². The van der Waals surface area contributed by atoms with Crippen LogP contribution in [-0.2, 0) is 0 Å². The summed E-state index contributed by atoms with van der Waals surface area (Å²) in [6.07, 6.45) is 0. The van der Waals surface area contributed by atoms with Gasteiger partial charge in [0.15, 0.2) is 0 Å². The van der Waals surface area contributed by atoms with Gasteiger partial charge < -0.3 is 15.4 Å². The summed E-state index contributed by atoms with van der Waals surface area (Å²) in [6, 6.07) is 5.46. The van der Waals surface area contributed by atoms with E-state index in [4.69, 9.17) is 10.5 Å². The van der Waals surface area contributed by atoms with Crippen molar-refractivity contribution >= 4 is 11.6 Å². The average molecular weight is 278 g/mol. The lowest BCUT2D eigenvalue weighted by Crippen LogP contribution is -2.40. The van der Waals surface area contributed by atoms with Gasteiger partial charge >= 0.3 is 0 Å². The van der Waals surface area contributed by atoms with Gasteiger partial charge in [-0.2, -0.15) is 0 Å². The second-order valence-corrected chi connectivity index (χ2v) is 5.60. The van der Waals surface area contributed by atoms with Gasteiger partial charge in [0.25, 0.3) is 5.91 Å². The van der Waals surface area contributed by atoms with Crippen LogP contribution in [0.1, 0.15) is 45.0 Å². The highest BCUT2D eigenvalue weighted by atomic mass is 16.5. The van der Waals surface area contributed by atoms with Gasteiger partial charge in [-0.05, 0) is 38.8 Å². The number of carbonyl (C=O) groups excluding carboxylic acids is 1. The van der Waals surface area contributed by atoms with E-state index in [9.17, 15) is 4.79 Å². The number of nitrogen functional groups attached to an aromatic ring is 1. The third kappa shape index (κ3) is 3.89.